The number of halogens is 1. The van der Waals surface area contributed by atoms with Crippen LogP contribution in [0.4, 0.5) is 4.79 Å². The fourth-order valence-corrected chi connectivity index (χ4v) is 3.43. The maximum atomic E-state index is 12.2. The number of guanidine groups is 1. The van der Waals surface area contributed by atoms with E-state index in [1.807, 2.05) is 25.7 Å². The second-order valence-corrected chi connectivity index (χ2v) is 8.33. The lowest BCUT2D eigenvalue weighted by atomic mass is 9.98. The van der Waals surface area contributed by atoms with Crippen molar-refractivity contribution in [3.8, 4) is 0 Å². The van der Waals surface area contributed by atoms with Crippen LogP contribution < -0.4 is 5.73 Å². The Balaban J connectivity index is 0.00000312. The predicted molar refractivity (Wildman–Crippen MR) is 112 cm³/mol. The number of nitrogens with zero attached hydrogens (tertiary/aromatic N) is 3. The first kappa shape index (κ1) is 22.3. The van der Waals surface area contributed by atoms with Gasteiger partial charge in [-0.2, -0.15) is 0 Å². The van der Waals surface area contributed by atoms with Crippen LogP contribution in [0.3, 0.4) is 0 Å². The van der Waals surface area contributed by atoms with Gasteiger partial charge in [0, 0.05) is 32.7 Å². The number of nitrogens with two attached hydrogens (primary N) is 1. The SMILES string of the molecule is CC1CCCN(C(N)=NCC2CCCN(C(=O)OC(C)(C)C)C2)C1.I. The van der Waals surface area contributed by atoms with Crippen molar-refractivity contribution in [3.63, 3.8) is 0 Å². The molecule has 0 radical (unpaired) electrons. The van der Waals surface area contributed by atoms with Crippen LogP contribution in [-0.4, -0.2) is 60.2 Å². The molecular weight excluding hydrogens is 431 g/mol. The summed E-state index contributed by atoms with van der Waals surface area (Å²) < 4.78 is 5.48. The summed E-state index contributed by atoms with van der Waals surface area (Å²) in [7, 11) is 0. The van der Waals surface area contributed by atoms with E-state index < -0.39 is 5.60 Å². The second-order valence-electron chi connectivity index (χ2n) is 8.33. The first-order chi connectivity index (χ1) is 11.2. The Labute approximate surface area is 169 Å². The van der Waals surface area contributed by atoms with Gasteiger partial charge in [0.15, 0.2) is 5.96 Å². The molecule has 0 aromatic rings. The summed E-state index contributed by atoms with van der Waals surface area (Å²) in [5, 5.41) is 0. The van der Waals surface area contributed by atoms with Crippen molar-refractivity contribution < 1.29 is 9.53 Å². The largest absolute Gasteiger partial charge is 0.444 e. The van der Waals surface area contributed by atoms with E-state index in [1.165, 1.54) is 12.8 Å². The van der Waals surface area contributed by atoms with Crippen LogP contribution in [0.15, 0.2) is 4.99 Å². The van der Waals surface area contributed by atoms with E-state index in [9.17, 15) is 4.79 Å². The number of likely N-dealkylation sites (tertiary alicyclic amines) is 2. The molecule has 0 aliphatic carbocycles. The summed E-state index contributed by atoms with van der Waals surface area (Å²) in [4.78, 5) is 20.8. The molecule has 2 unspecified atom stereocenters. The molecule has 0 bridgehead atoms. The number of ether oxygens (including phenoxy) is 1. The topological polar surface area (TPSA) is 71.2 Å². The predicted octanol–water partition coefficient (Wildman–Crippen LogP) is 3.30. The number of piperidine rings is 2. The van der Waals surface area contributed by atoms with Crippen LogP contribution in [0.5, 0.6) is 0 Å². The van der Waals surface area contributed by atoms with Crippen LogP contribution in [-0.2, 0) is 4.74 Å². The Kier molecular flexibility index (Phi) is 8.77. The average molecular weight is 466 g/mol. The maximum Gasteiger partial charge on any atom is 0.410 e. The van der Waals surface area contributed by atoms with Crippen LogP contribution in [0, 0.1) is 11.8 Å². The smallest absolute Gasteiger partial charge is 0.410 e. The second kappa shape index (κ2) is 9.83. The third-order valence-corrected chi connectivity index (χ3v) is 4.66. The highest BCUT2D eigenvalue weighted by Gasteiger charge is 2.27. The monoisotopic (exact) mass is 466 g/mol. The Bertz CT molecular complexity index is 464. The van der Waals surface area contributed by atoms with Gasteiger partial charge in [0.05, 0.1) is 0 Å². The third kappa shape index (κ3) is 7.58. The van der Waals surface area contributed by atoms with Crippen molar-refractivity contribution in [3.05, 3.63) is 0 Å². The molecule has 2 aliphatic rings. The number of carbonyl (C=O) groups is 1. The minimum absolute atomic E-state index is 0. The van der Waals surface area contributed by atoms with Crippen molar-refractivity contribution in [2.45, 2.75) is 59.0 Å². The van der Waals surface area contributed by atoms with Gasteiger partial charge in [-0.1, -0.05) is 6.92 Å². The summed E-state index contributed by atoms with van der Waals surface area (Å²) >= 11 is 0. The van der Waals surface area contributed by atoms with Gasteiger partial charge in [-0.15, -0.1) is 24.0 Å². The van der Waals surface area contributed by atoms with E-state index >= 15 is 0 Å². The first-order valence-electron chi connectivity index (χ1n) is 9.27. The molecule has 2 rings (SSSR count). The van der Waals surface area contributed by atoms with E-state index in [1.54, 1.807) is 0 Å². The zero-order valence-corrected chi connectivity index (χ0v) is 18.5. The van der Waals surface area contributed by atoms with Crippen molar-refractivity contribution in [1.29, 1.82) is 0 Å². The van der Waals surface area contributed by atoms with Crippen LogP contribution in [0.2, 0.25) is 0 Å². The van der Waals surface area contributed by atoms with E-state index in [0.717, 1.165) is 32.5 Å². The van der Waals surface area contributed by atoms with E-state index in [0.29, 0.717) is 30.9 Å². The van der Waals surface area contributed by atoms with Crippen molar-refractivity contribution in [2.75, 3.05) is 32.7 Å². The highest BCUT2D eigenvalue weighted by Crippen LogP contribution is 2.20. The van der Waals surface area contributed by atoms with Crippen molar-refractivity contribution >= 4 is 36.0 Å². The number of rotatable bonds is 2. The molecule has 0 aromatic carbocycles. The molecule has 2 fully saturated rings. The molecule has 2 aliphatic heterocycles. The van der Waals surface area contributed by atoms with E-state index in [2.05, 4.69) is 16.8 Å². The van der Waals surface area contributed by atoms with Gasteiger partial charge in [-0.25, -0.2) is 4.79 Å². The lowest BCUT2D eigenvalue weighted by Gasteiger charge is -2.34. The third-order valence-electron chi connectivity index (χ3n) is 4.66. The van der Waals surface area contributed by atoms with Crippen molar-refractivity contribution in [2.24, 2.45) is 22.6 Å². The number of aliphatic imine (C=N–C) groups is 1. The fraction of sp³-hybridized carbons (Fsp3) is 0.889. The summed E-state index contributed by atoms with van der Waals surface area (Å²) in [5.74, 6) is 1.72. The number of hydrogen-bond acceptors (Lipinski definition) is 3. The summed E-state index contributed by atoms with van der Waals surface area (Å²) in [5.41, 5.74) is 5.73. The van der Waals surface area contributed by atoms with Crippen LogP contribution in [0.1, 0.15) is 53.4 Å². The number of carbonyl (C=O) groups excluding carboxylic acids is 1. The molecule has 146 valence electrons. The average Bonchev–Trinajstić information content (AvgIpc) is 2.51. The Hall–Kier alpha value is -0.730. The van der Waals surface area contributed by atoms with Crippen LogP contribution >= 0.6 is 24.0 Å². The number of hydrogen-bond donors (Lipinski definition) is 1. The van der Waals surface area contributed by atoms with Gasteiger partial charge in [0.2, 0.25) is 0 Å². The van der Waals surface area contributed by atoms with Crippen LogP contribution in [0.25, 0.3) is 0 Å². The first-order valence-corrected chi connectivity index (χ1v) is 9.27. The lowest BCUT2D eigenvalue weighted by molar-refractivity contribution is 0.0170. The number of amides is 1. The molecule has 7 heteroatoms. The fourth-order valence-electron chi connectivity index (χ4n) is 3.43. The molecular formula is C18H35IN4O2. The van der Waals surface area contributed by atoms with Crippen molar-refractivity contribution in [1.82, 2.24) is 9.80 Å². The molecule has 0 saturated carbocycles. The molecule has 6 nitrogen and oxygen atoms in total. The van der Waals surface area contributed by atoms with E-state index in [4.69, 9.17) is 10.5 Å². The molecule has 0 spiro atoms. The quantitative estimate of drug-likeness (QED) is 0.385. The van der Waals surface area contributed by atoms with Gasteiger partial charge in [0.25, 0.3) is 0 Å². The van der Waals surface area contributed by atoms with Gasteiger partial charge in [-0.05, 0) is 58.3 Å². The maximum absolute atomic E-state index is 12.2. The Morgan fingerprint density at radius 2 is 1.80 bits per heavy atom. The highest BCUT2D eigenvalue weighted by molar-refractivity contribution is 14.0. The normalized spacial score (nSPS) is 25.4. The van der Waals surface area contributed by atoms with Gasteiger partial charge < -0.3 is 20.3 Å². The van der Waals surface area contributed by atoms with Gasteiger partial charge in [0.1, 0.15) is 5.60 Å². The zero-order valence-electron chi connectivity index (χ0n) is 16.2. The zero-order chi connectivity index (χ0) is 17.7. The summed E-state index contributed by atoms with van der Waals surface area (Å²) in [6, 6.07) is 0. The minimum atomic E-state index is -0.447. The minimum Gasteiger partial charge on any atom is -0.444 e. The molecule has 1 amide bonds. The summed E-state index contributed by atoms with van der Waals surface area (Å²) in [6.07, 6.45) is 4.34. The standard InChI is InChI=1S/C18H34N4O2.HI/c1-14-7-5-9-21(12-14)16(19)20-11-15-8-6-10-22(13-15)17(23)24-18(2,3)4;/h14-15H,5-13H2,1-4H3,(H2,19,20);1H. The Morgan fingerprint density at radius 1 is 1.16 bits per heavy atom. The highest BCUT2D eigenvalue weighted by atomic mass is 127. The van der Waals surface area contributed by atoms with Gasteiger partial charge in [-0.3, -0.25) is 4.99 Å². The molecule has 2 N–H and O–H groups in total. The lowest BCUT2D eigenvalue weighted by Crippen LogP contribution is -2.45. The Morgan fingerprint density at radius 3 is 2.44 bits per heavy atom. The molecule has 2 heterocycles. The summed E-state index contributed by atoms with van der Waals surface area (Å²) in [6.45, 7) is 12.1. The molecule has 0 aromatic heterocycles. The molecule has 25 heavy (non-hydrogen) atoms. The van der Waals surface area contributed by atoms with Gasteiger partial charge >= 0.3 is 6.09 Å². The molecule has 2 saturated heterocycles. The molecule has 2 atom stereocenters. The van der Waals surface area contributed by atoms with E-state index in [-0.39, 0.29) is 30.1 Å².